The highest BCUT2D eigenvalue weighted by atomic mass is 79.9. The quantitative estimate of drug-likeness (QED) is 0.310. The van der Waals surface area contributed by atoms with Gasteiger partial charge in [-0.25, -0.2) is 4.79 Å². The van der Waals surface area contributed by atoms with Crippen molar-refractivity contribution in [3.05, 3.63) is 109 Å². The lowest BCUT2D eigenvalue weighted by atomic mass is 10.1. The molecular weight excluding hydrogens is 548 g/mol. The lowest BCUT2D eigenvalue weighted by Gasteiger charge is -2.14. The van der Waals surface area contributed by atoms with Gasteiger partial charge in [-0.15, -0.1) is 0 Å². The molecule has 4 rings (SSSR count). The van der Waals surface area contributed by atoms with Crippen molar-refractivity contribution in [2.24, 2.45) is 0 Å². The van der Waals surface area contributed by atoms with Crippen LogP contribution >= 0.6 is 15.9 Å². The zero-order chi connectivity index (χ0) is 27.2. The van der Waals surface area contributed by atoms with Crippen molar-refractivity contribution in [2.75, 3.05) is 5.32 Å². The summed E-state index contributed by atoms with van der Waals surface area (Å²) in [5.74, 6) is -0.552. The highest BCUT2D eigenvalue weighted by molar-refractivity contribution is 9.10. The molecule has 3 aromatic carbocycles. The summed E-state index contributed by atoms with van der Waals surface area (Å²) in [6.45, 7) is 4.13. The number of rotatable bonds is 9. The van der Waals surface area contributed by atoms with Crippen LogP contribution in [0.25, 0.3) is 10.9 Å². The normalized spacial score (nSPS) is 10.9. The molecule has 2 N–H and O–H groups in total. The molecule has 0 spiro atoms. The first-order valence-electron chi connectivity index (χ1n) is 12.3. The molecule has 0 saturated heterocycles. The molecular formula is C29H29BrN4O4. The van der Waals surface area contributed by atoms with Crippen LogP contribution in [-0.2, 0) is 29.2 Å². The van der Waals surface area contributed by atoms with E-state index in [4.69, 9.17) is 0 Å². The first-order valence-corrected chi connectivity index (χ1v) is 13.1. The Bertz CT molecular complexity index is 1610. The van der Waals surface area contributed by atoms with Crippen LogP contribution in [0.1, 0.15) is 29.5 Å². The molecule has 0 fully saturated rings. The van der Waals surface area contributed by atoms with Crippen LogP contribution in [0.3, 0.4) is 0 Å². The zero-order valence-corrected chi connectivity index (χ0v) is 22.9. The second kappa shape index (κ2) is 12.0. The molecule has 196 valence electrons. The van der Waals surface area contributed by atoms with Crippen LogP contribution in [0.15, 0.2) is 80.8 Å². The summed E-state index contributed by atoms with van der Waals surface area (Å²) in [7, 11) is 0. The predicted molar refractivity (Wildman–Crippen MR) is 152 cm³/mol. The molecule has 0 unspecified atom stereocenters. The summed E-state index contributed by atoms with van der Waals surface area (Å²) in [4.78, 5) is 51.7. The Hall–Kier alpha value is -3.98. The van der Waals surface area contributed by atoms with E-state index in [2.05, 4.69) is 26.6 Å². The van der Waals surface area contributed by atoms with Crippen molar-refractivity contribution >= 4 is 44.3 Å². The molecule has 0 aliphatic heterocycles. The van der Waals surface area contributed by atoms with Gasteiger partial charge < -0.3 is 10.6 Å². The molecule has 0 aliphatic rings. The number of fused-ring (bicyclic) bond motifs is 1. The number of hydrogen-bond acceptors (Lipinski definition) is 4. The van der Waals surface area contributed by atoms with Gasteiger partial charge in [0.15, 0.2) is 0 Å². The van der Waals surface area contributed by atoms with E-state index >= 15 is 0 Å². The SMILES string of the molecule is Cc1ccc(CNC(=O)CCCn2c(=O)c3ccccc3n(CC(=O)Nc3ccc(Br)c(C)c3)c2=O)cc1. The lowest BCUT2D eigenvalue weighted by Crippen LogP contribution is -2.42. The highest BCUT2D eigenvalue weighted by Gasteiger charge is 2.16. The van der Waals surface area contributed by atoms with E-state index in [9.17, 15) is 19.2 Å². The summed E-state index contributed by atoms with van der Waals surface area (Å²) in [6.07, 6.45) is 0.464. The number of halogens is 1. The van der Waals surface area contributed by atoms with Crippen LogP contribution in [-0.4, -0.2) is 20.9 Å². The second-order valence-corrected chi connectivity index (χ2v) is 10.1. The van der Waals surface area contributed by atoms with Crippen molar-refractivity contribution in [1.82, 2.24) is 14.5 Å². The molecule has 4 aromatic rings. The third kappa shape index (κ3) is 6.47. The highest BCUT2D eigenvalue weighted by Crippen LogP contribution is 2.20. The number of benzene rings is 3. The number of anilines is 1. The molecule has 9 heteroatoms. The van der Waals surface area contributed by atoms with Gasteiger partial charge in [0.25, 0.3) is 5.56 Å². The number of hydrogen-bond donors (Lipinski definition) is 2. The van der Waals surface area contributed by atoms with Gasteiger partial charge in [0.05, 0.1) is 10.9 Å². The summed E-state index contributed by atoms with van der Waals surface area (Å²) in [6, 6.07) is 20.0. The summed E-state index contributed by atoms with van der Waals surface area (Å²) in [5.41, 5.74) is 3.07. The minimum absolute atomic E-state index is 0.0635. The van der Waals surface area contributed by atoms with Crippen LogP contribution in [0.2, 0.25) is 0 Å². The topological polar surface area (TPSA) is 102 Å². The number of aryl methyl sites for hydroxylation is 2. The Morgan fingerprint density at radius 3 is 2.37 bits per heavy atom. The zero-order valence-electron chi connectivity index (χ0n) is 21.3. The van der Waals surface area contributed by atoms with Crippen molar-refractivity contribution < 1.29 is 9.59 Å². The number of para-hydroxylation sites is 1. The molecule has 2 amide bonds. The fourth-order valence-corrected chi connectivity index (χ4v) is 4.43. The van der Waals surface area contributed by atoms with Gasteiger partial charge in [0, 0.05) is 29.7 Å². The first-order chi connectivity index (χ1) is 18.2. The van der Waals surface area contributed by atoms with E-state index in [1.165, 1.54) is 4.57 Å². The van der Waals surface area contributed by atoms with E-state index in [-0.39, 0.29) is 31.3 Å². The third-order valence-electron chi connectivity index (χ3n) is 6.27. The average Bonchev–Trinajstić information content (AvgIpc) is 2.90. The van der Waals surface area contributed by atoms with Gasteiger partial charge in [-0.05, 0) is 61.7 Å². The Morgan fingerprint density at radius 2 is 1.63 bits per heavy atom. The number of nitrogens with zero attached hydrogens (tertiary/aromatic N) is 2. The molecule has 0 radical (unpaired) electrons. The van der Waals surface area contributed by atoms with E-state index in [0.29, 0.717) is 29.6 Å². The smallest absolute Gasteiger partial charge is 0.331 e. The maximum atomic E-state index is 13.3. The Balaban J connectivity index is 1.48. The number of nitrogens with one attached hydrogen (secondary N) is 2. The number of carbonyl (C=O) groups is 2. The summed E-state index contributed by atoms with van der Waals surface area (Å²) in [5, 5.41) is 6.02. The standard InChI is InChI=1S/C29H29BrN4O4/c1-19-9-11-21(12-10-19)17-31-26(35)8-5-15-33-28(37)23-6-3-4-7-25(23)34(29(33)38)18-27(36)32-22-13-14-24(30)20(2)16-22/h3-4,6-7,9-14,16H,5,8,15,17-18H2,1-2H3,(H,31,35)(H,32,36). The van der Waals surface area contributed by atoms with Crippen LogP contribution < -0.4 is 21.9 Å². The van der Waals surface area contributed by atoms with Gasteiger partial charge in [-0.1, -0.05) is 57.9 Å². The van der Waals surface area contributed by atoms with Crippen LogP contribution in [0.5, 0.6) is 0 Å². The van der Waals surface area contributed by atoms with Crippen molar-refractivity contribution in [1.29, 1.82) is 0 Å². The molecule has 38 heavy (non-hydrogen) atoms. The van der Waals surface area contributed by atoms with E-state index in [0.717, 1.165) is 25.7 Å². The number of carbonyl (C=O) groups excluding carboxylic acids is 2. The van der Waals surface area contributed by atoms with Gasteiger partial charge in [0.1, 0.15) is 6.54 Å². The largest absolute Gasteiger partial charge is 0.352 e. The van der Waals surface area contributed by atoms with Gasteiger partial charge in [-0.3, -0.25) is 23.5 Å². The van der Waals surface area contributed by atoms with E-state index in [1.807, 2.05) is 50.2 Å². The predicted octanol–water partition coefficient (Wildman–Crippen LogP) is 4.28. The van der Waals surface area contributed by atoms with Gasteiger partial charge >= 0.3 is 5.69 Å². The van der Waals surface area contributed by atoms with Gasteiger partial charge in [-0.2, -0.15) is 0 Å². The van der Waals surface area contributed by atoms with Gasteiger partial charge in [0.2, 0.25) is 11.8 Å². The minimum Gasteiger partial charge on any atom is -0.352 e. The molecule has 8 nitrogen and oxygen atoms in total. The van der Waals surface area contributed by atoms with Crippen molar-refractivity contribution in [3.8, 4) is 0 Å². The van der Waals surface area contributed by atoms with Crippen LogP contribution in [0, 0.1) is 13.8 Å². The third-order valence-corrected chi connectivity index (χ3v) is 7.16. The fraction of sp³-hybridized carbons (Fsp3) is 0.241. The molecule has 1 heterocycles. The van der Waals surface area contributed by atoms with E-state index < -0.39 is 11.2 Å². The van der Waals surface area contributed by atoms with E-state index in [1.54, 1.807) is 30.3 Å². The average molecular weight is 577 g/mol. The van der Waals surface area contributed by atoms with Crippen molar-refractivity contribution in [2.45, 2.75) is 46.3 Å². The van der Waals surface area contributed by atoms with Crippen LogP contribution in [0.4, 0.5) is 5.69 Å². The first kappa shape index (κ1) is 27.1. The lowest BCUT2D eigenvalue weighted by molar-refractivity contribution is -0.121. The maximum absolute atomic E-state index is 13.3. The molecule has 0 atom stereocenters. The molecule has 0 bridgehead atoms. The molecule has 0 saturated carbocycles. The monoisotopic (exact) mass is 576 g/mol. The summed E-state index contributed by atoms with van der Waals surface area (Å²) < 4.78 is 3.33. The fourth-order valence-electron chi connectivity index (χ4n) is 4.18. The second-order valence-electron chi connectivity index (χ2n) is 9.22. The number of amides is 2. The van der Waals surface area contributed by atoms with Crippen molar-refractivity contribution in [3.63, 3.8) is 0 Å². The maximum Gasteiger partial charge on any atom is 0.331 e. The Kier molecular flexibility index (Phi) is 8.58. The summed E-state index contributed by atoms with van der Waals surface area (Å²) >= 11 is 3.44. The Morgan fingerprint density at radius 1 is 0.895 bits per heavy atom. The molecule has 1 aromatic heterocycles. The minimum atomic E-state index is -0.587. The Labute approximate surface area is 228 Å². The molecule has 0 aliphatic carbocycles. The number of aromatic nitrogens is 2.